The SMILES string of the molecule is COCCOc1cccc(-c2ccc(OC)c3nc(NC(=O)c4cnc(C)o4)cnc23)c1. The number of carbonyl (C=O) groups is 1. The van der Waals surface area contributed by atoms with Gasteiger partial charge in [-0.15, -0.1) is 0 Å². The largest absolute Gasteiger partial charge is 0.494 e. The molecule has 0 saturated carbocycles. The number of hydrogen-bond donors (Lipinski definition) is 1. The van der Waals surface area contributed by atoms with Gasteiger partial charge in [0.15, 0.2) is 11.7 Å². The van der Waals surface area contributed by atoms with Crippen molar-refractivity contribution in [1.29, 1.82) is 0 Å². The summed E-state index contributed by atoms with van der Waals surface area (Å²) >= 11 is 0. The molecule has 9 nitrogen and oxygen atoms in total. The third-order valence-corrected chi connectivity index (χ3v) is 4.67. The number of methoxy groups -OCH3 is 2. The third-order valence-electron chi connectivity index (χ3n) is 4.67. The van der Waals surface area contributed by atoms with Crippen molar-refractivity contribution in [2.75, 3.05) is 32.8 Å². The second-order valence-corrected chi connectivity index (χ2v) is 6.83. The van der Waals surface area contributed by atoms with E-state index in [4.69, 9.17) is 18.6 Å². The van der Waals surface area contributed by atoms with Crippen LogP contribution in [0.2, 0.25) is 0 Å². The van der Waals surface area contributed by atoms with E-state index in [1.54, 1.807) is 21.1 Å². The topological polar surface area (TPSA) is 109 Å². The molecule has 0 radical (unpaired) electrons. The van der Waals surface area contributed by atoms with E-state index in [1.807, 2.05) is 36.4 Å². The smallest absolute Gasteiger partial charge is 0.294 e. The summed E-state index contributed by atoms with van der Waals surface area (Å²) in [5.74, 6) is 1.56. The van der Waals surface area contributed by atoms with Gasteiger partial charge in [-0.25, -0.2) is 15.0 Å². The molecule has 0 aliphatic heterocycles. The standard InChI is InChI=1S/C23H22N4O5/c1-14-24-12-19(32-14)23(28)27-20-13-25-21-17(7-8-18(30-3)22(21)26-20)15-5-4-6-16(11-15)31-10-9-29-2/h4-8,11-13H,9-10H2,1-3H3,(H,26,27,28). The average molecular weight is 434 g/mol. The highest BCUT2D eigenvalue weighted by Gasteiger charge is 2.16. The first-order valence-corrected chi connectivity index (χ1v) is 9.88. The molecule has 9 heteroatoms. The maximum Gasteiger partial charge on any atom is 0.294 e. The molecular formula is C23H22N4O5. The van der Waals surface area contributed by atoms with Gasteiger partial charge in [0.05, 0.1) is 26.1 Å². The molecule has 0 fully saturated rings. The first-order valence-electron chi connectivity index (χ1n) is 9.88. The van der Waals surface area contributed by atoms with Crippen LogP contribution in [0.4, 0.5) is 5.82 Å². The number of aryl methyl sites for hydroxylation is 1. The van der Waals surface area contributed by atoms with Gasteiger partial charge < -0.3 is 23.9 Å². The van der Waals surface area contributed by atoms with E-state index in [0.717, 1.165) is 16.9 Å². The summed E-state index contributed by atoms with van der Waals surface area (Å²) < 4.78 is 21.5. The third kappa shape index (κ3) is 4.52. The first kappa shape index (κ1) is 21.3. The van der Waals surface area contributed by atoms with Crippen LogP contribution in [0.3, 0.4) is 0 Å². The molecule has 0 unspecified atom stereocenters. The van der Waals surface area contributed by atoms with Crippen LogP contribution in [0.5, 0.6) is 11.5 Å². The number of fused-ring (bicyclic) bond motifs is 1. The zero-order valence-electron chi connectivity index (χ0n) is 17.9. The quantitative estimate of drug-likeness (QED) is 0.416. The molecule has 164 valence electrons. The Kier molecular flexibility index (Phi) is 6.27. The normalized spacial score (nSPS) is 10.8. The molecule has 2 aromatic heterocycles. The fourth-order valence-electron chi connectivity index (χ4n) is 3.17. The summed E-state index contributed by atoms with van der Waals surface area (Å²) in [7, 11) is 3.19. The van der Waals surface area contributed by atoms with E-state index < -0.39 is 5.91 Å². The Balaban J connectivity index is 1.68. The highest BCUT2D eigenvalue weighted by Crippen LogP contribution is 2.34. The molecule has 0 aliphatic carbocycles. The molecule has 2 aromatic carbocycles. The van der Waals surface area contributed by atoms with Crippen molar-refractivity contribution in [3.05, 3.63) is 60.4 Å². The van der Waals surface area contributed by atoms with Crippen LogP contribution in [0.1, 0.15) is 16.4 Å². The molecule has 0 saturated heterocycles. The Morgan fingerprint density at radius 1 is 1.06 bits per heavy atom. The van der Waals surface area contributed by atoms with Gasteiger partial charge in [-0.05, 0) is 29.8 Å². The molecule has 4 aromatic rings. The molecule has 0 aliphatic rings. The molecule has 0 spiro atoms. The highest BCUT2D eigenvalue weighted by atomic mass is 16.5. The number of aromatic nitrogens is 3. The molecule has 1 N–H and O–H groups in total. The van der Waals surface area contributed by atoms with Gasteiger partial charge in [-0.2, -0.15) is 0 Å². The van der Waals surface area contributed by atoms with Gasteiger partial charge >= 0.3 is 0 Å². The summed E-state index contributed by atoms with van der Waals surface area (Å²) in [6.45, 7) is 2.62. The van der Waals surface area contributed by atoms with Gasteiger partial charge in [0.2, 0.25) is 5.76 Å². The minimum atomic E-state index is -0.463. The second kappa shape index (κ2) is 9.44. The minimum absolute atomic E-state index is 0.0930. The fourth-order valence-corrected chi connectivity index (χ4v) is 3.17. The van der Waals surface area contributed by atoms with E-state index in [2.05, 4.69) is 20.3 Å². The fraction of sp³-hybridized carbons (Fsp3) is 0.217. The Bertz CT molecular complexity index is 1250. The monoisotopic (exact) mass is 434 g/mol. The number of ether oxygens (including phenoxy) is 3. The van der Waals surface area contributed by atoms with Crippen molar-refractivity contribution in [2.24, 2.45) is 0 Å². The van der Waals surface area contributed by atoms with Crippen LogP contribution in [-0.4, -0.2) is 48.3 Å². The van der Waals surface area contributed by atoms with Crippen LogP contribution in [0.25, 0.3) is 22.2 Å². The van der Waals surface area contributed by atoms with Crippen LogP contribution in [-0.2, 0) is 4.74 Å². The summed E-state index contributed by atoms with van der Waals surface area (Å²) in [4.78, 5) is 25.4. The summed E-state index contributed by atoms with van der Waals surface area (Å²) in [5.41, 5.74) is 2.92. The van der Waals surface area contributed by atoms with E-state index in [0.29, 0.717) is 35.9 Å². The lowest BCUT2D eigenvalue weighted by atomic mass is 10.0. The number of amides is 1. The Morgan fingerprint density at radius 3 is 2.69 bits per heavy atom. The first-order chi connectivity index (χ1) is 15.6. The lowest BCUT2D eigenvalue weighted by Crippen LogP contribution is -2.12. The molecule has 4 rings (SSSR count). The summed E-state index contributed by atoms with van der Waals surface area (Å²) in [6, 6.07) is 11.4. The van der Waals surface area contributed by atoms with E-state index >= 15 is 0 Å². The zero-order valence-corrected chi connectivity index (χ0v) is 17.9. The van der Waals surface area contributed by atoms with Crippen molar-refractivity contribution in [3.8, 4) is 22.6 Å². The molecule has 0 atom stereocenters. The highest BCUT2D eigenvalue weighted by molar-refractivity contribution is 6.02. The second-order valence-electron chi connectivity index (χ2n) is 6.83. The zero-order chi connectivity index (χ0) is 22.5. The number of hydrogen-bond acceptors (Lipinski definition) is 8. The van der Waals surface area contributed by atoms with Crippen molar-refractivity contribution >= 4 is 22.8 Å². The van der Waals surface area contributed by atoms with Gasteiger partial charge in [0, 0.05) is 19.6 Å². The van der Waals surface area contributed by atoms with Gasteiger partial charge in [-0.3, -0.25) is 4.79 Å². The number of nitrogens with one attached hydrogen (secondary N) is 1. The summed E-state index contributed by atoms with van der Waals surface area (Å²) in [5, 5.41) is 2.68. The predicted octanol–water partition coefficient (Wildman–Crippen LogP) is 3.88. The van der Waals surface area contributed by atoms with Crippen LogP contribution in [0, 0.1) is 6.92 Å². The number of nitrogens with zero attached hydrogens (tertiary/aromatic N) is 3. The maximum absolute atomic E-state index is 12.4. The molecule has 1 amide bonds. The minimum Gasteiger partial charge on any atom is -0.494 e. The summed E-state index contributed by atoms with van der Waals surface area (Å²) in [6.07, 6.45) is 2.85. The van der Waals surface area contributed by atoms with Crippen molar-refractivity contribution in [3.63, 3.8) is 0 Å². The number of carbonyl (C=O) groups excluding carboxylic acids is 1. The van der Waals surface area contributed by atoms with Gasteiger partial charge in [0.25, 0.3) is 5.91 Å². The number of rotatable bonds is 8. The Hall–Kier alpha value is -3.98. The predicted molar refractivity (Wildman–Crippen MR) is 118 cm³/mol. The Morgan fingerprint density at radius 2 is 1.94 bits per heavy atom. The number of anilines is 1. The molecule has 0 bridgehead atoms. The van der Waals surface area contributed by atoms with Crippen LogP contribution >= 0.6 is 0 Å². The van der Waals surface area contributed by atoms with E-state index in [9.17, 15) is 4.79 Å². The lowest BCUT2D eigenvalue weighted by molar-refractivity contribution is 0.0995. The number of oxazole rings is 1. The average Bonchev–Trinajstić information content (AvgIpc) is 3.25. The molecule has 2 heterocycles. The molecule has 32 heavy (non-hydrogen) atoms. The van der Waals surface area contributed by atoms with Crippen molar-refractivity contribution in [1.82, 2.24) is 15.0 Å². The Labute approximate surface area is 184 Å². The van der Waals surface area contributed by atoms with Crippen molar-refractivity contribution < 1.29 is 23.4 Å². The lowest BCUT2D eigenvalue weighted by Gasteiger charge is -2.12. The van der Waals surface area contributed by atoms with Gasteiger partial charge in [-0.1, -0.05) is 12.1 Å². The van der Waals surface area contributed by atoms with Crippen molar-refractivity contribution in [2.45, 2.75) is 6.92 Å². The number of benzene rings is 2. The van der Waals surface area contributed by atoms with Crippen LogP contribution < -0.4 is 14.8 Å². The molecular weight excluding hydrogens is 412 g/mol. The van der Waals surface area contributed by atoms with Crippen LogP contribution in [0.15, 0.2) is 53.2 Å². The maximum atomic E-state index is 12.4. The van der Waals surface area contributed by atoms with Gasteiger partial charge in [0.1, 0.15) is 29.1 Å². The van der Waals surface area contributed by atoms with E-state index in [1.165, 1.54) is 12.4 Å². The van der Waals surface area contributed by atoms with E-state index in [-0.39, 0.29) is 11.6 Å².